The van der Waals surface area contributed by atoms with Crippen LogP contribution in [0.1, 0.15) is 13.3 Å². The van der Waals surface area contributed by atoms with Crippen LogP contribution >= 0.6 is 11.3 Å². The first-order valence-corrected chi connectivity index (χ1v) is 7.75. The number of aromatic amines is 1. The average Bonchev–Trinajstić information content (AvgIpc) is 2.91. The van der Waals surface area contributed by atoms with Gasteiger partial charge in [-0.05, 0) is 12.5 Å². The lowest BCUT2D eigenvalue weighted by Crippen LogP contribution is -2.35. The molecule has 0 bridgehead atoms. The third kappa shape index (κ3) is 2.53. The van der Waals surface area contributed by atoms with Crippen molar-refractivity contribution in [3.63, 3.8) is 0 Å². The molecule has 0 spiro atoms. The predicted octanol–water partition coefficient (Wildman–Crippen LogP) is 2.40. The number of thiophene rings is 1. The van der Waals surface area contributed by atoms with Gasteiger partial charge in [-0.3, -0.25) is 19.1 Å². The van der Waals surface area contributed by atoms with Crippen molar-refractivity contribution >= 4 is 27.3 Å². The number of benzene rings is 1. The number of fused-ring (bicyclic) bond motifs is 1. The second-order valence-electron chi connectivity index (χ2n) is 5.06. The summed E-state index contributed by atoms with van der Waals surface area (Å²) in [7, 11) is 0. The Hall–Kier alpha value is -2.47. The molecule has 22 heavy (non-hydrogen) atoms. The van der Waals surface area contributed by atoms with Crippen molar-refractivity contribution in [1.29, 1.82) is 0 Å². The largest absolute Gasteiger partial charge is 0.329 e. The minimum absolute atomic E-state index is 0.0556. The Morgan fingerprint density at radius 2 is 1.95 bits per heavy atom. The summed E-state index contributed by atoms with van der Waals surface area (Å²) in [5.74, 6) is -0.0556. The summed E-state index contributed by atoms with van der Waals surface area (Å²) < 4.78 is 1.10. The van der Waals surface area contributed by atoms with Crippen LogP contribution in [0, 0.1) is 0 Å². The number of hydrogen-bond donors (Lipinski definition) is 1. The molecule has 5 nitrogen and oxygen atoms in total. The topological polar surface area (TPSA) is 71.9 Å². The second kappa shape index (κ2) is 5.73. The third-order valence-electron chi connectivity index (χ3n) is 3.49. The molecule has 0 atom stereocenters. The van der Waals surface area contributed by atoms with E-state index in [0.717, 1.165) is 15.7 Å². The number of ketones is 1. The molecule has 0 amide bonds. The van der Waals surface area contributed by atoms with E-state index in [1.165, 1.54) is 18.3 Å². The highest BCUT2D eigenvalue weighted by Crippen LogP contribution is 2.29. The smallest absolute Gasteiger partial charge is 0.300 e. The van der Waals surface area contributed by atoms with Crippen molar-refractivity contribution in [2.75, 3.05) is 0 Å². The van der Waals surface area contributed by atoms with E-state index in [1.807, 2.05) is 35.7 Å². The molecule has 2 heterocycles. The van der Waals surface area contributed by atoms with Crippen molar-refractivity contribution in [1.82, 2.24) is 9.55 Å². The van der Waals surface area contributed by atoms with Gasteiger partial charge in [0.25, 0.3) is 5.56 Å². The van der Waals surface area contributed by atoms with Crippen LogP contribution in [-0.4, -0.2) is 15.3 Å². The normalized spacial score (nSPS) is 11.0. The SMILES string of the molecule is CC(=O)CCn1c(=O)[nH]c2scc(-c3ccccc3)c2c1=O. The maximum Gasteiger partial charge on any atom is 0.329 e. The highest BCUT2D eigenvalue weighted by molar-refractivity contribution is 7.17. The quantitative estimate of drug-likeness (QED) is 0.803. The first-order valence-electron chi connectivity index (χ1n) is 6.87. The first-order chi connectivity index (χ1) is 10.6. The summed E-state index contributed by atoms with van der Waals surface area (Å²) >= 11 is 1.33. The van der Waals surface area contributed by atoms with Crippen LogP contribution in [0.25, 0.3) is 21.3 Å². The number of Topliss-reactive ketones (excluding diaryl/α,β-unsaturated/α-hetero) is 1. The van der Waals surface area contributed by atoms with E-state index in [2.05, 4.69) is 4.98 Å². The van der Waals surface area contributed by atoms with Crippen molar-refractivity contribution in [2.24, 2.45) is 0 Å². The van der Waals surface area contributed by atoms with Gasteiger partial charge in [0.2, 0.25) is 0 Å². The minimum Gasteiger partial charge on any atom is -0.300 e. The summed E-state index contributed by atoms with van der Waals surface area (Å²) in [6.07, 6.45) is 0.166. The number of carbonyl (C=O) groups is 1. The lowest BCUT2D eigenvalue weighted by molar-refractivity contribution is -0.117. The Balaban J connectivity index is 2.22. The summed E-state index contributed by atoms with van der Waals surface area (Å²) in [6.45, 7) is 1.54. The monoisotopic (exact) mass is 314 g/mol. The maximum atomic E-state index is 12.7. The van der Waals surface area contributed by atoms with Crippen LogP contribution in [0.5, 0.6) is 0 Å². The molecule has 0 fully saturated rings. The number of nitrogens with zero attached hydrogens (tertiary/aromatic N) is 1. The lowest BCUT2D eigenvalue weighted by Gasteiger charge is -2.04. The molecule has 0 aliphatic heterocycles. The fourth-order valence-electron chi connectivity index (χ4n) is 2.36. The zero-order valence-corrected chi connectivity index (χ0v) is 12.8. The molecule has 1 aromatic carbocycles. The fraction of sp³-hybridized carbons (Fsp3) is 0.188. The molecule has 1 N–H and O–H groups in total. The molecule has 0 unspecified atom stereocenters. The fourth-order valence-corrected chi connectivity index (χ4v) is 3.31. The summed E-state index contributed by atoms with van der Waals surface area (Å²) in [4.78, 5) is 39.1. The highest BCUT2D eigenvalue weighted by atomic mass is 32.1. The van der Waals surface area contributed by atoms with E-state index < -0.39 is 5.69 Å². The molecule has 0 saturated carbocycles. The zero-order chi connectivity index (χ0) is 15.7. The van der Waals surface area contributed by atoms with Gasteiger partial charge < -0.3 is 0 Å². The van der Waals surface area contributed by atoms with Gasteiger partial charge in [0.1, 0.15) is 10.6 Å². The van der Waals surface area contributed by atoms with E-state index in [-0.39, 0.29) is 24.3 Å². The maximum absolute atomic E-state index is 12.7. The Kier molecular flexibility index (Phi) is 3.77. The molecule has 3 aromatic rings. The lowest BCUT2D eigenvalue weighted by atomic mass is 10.1. The van der Waals surface area contributed by atoms with E-state index >= 15 is 0 Å². The van der Waals surface area contributed by atoms with E-state index in [0.29, 0.717) is 10.2 Å². The van der Waals surface area contributed by atoms with Crippen molar-refractivity contribution in [2.45, 2.75) is 19.9 Å². The average molecular weight is 314 g/mol. The van der Waals surface area contributed by atoms with Gasteiger partial charge in [0.15, 0.2) is 0 Å². The summed E-state index contributed by atoms with van der Waals surface area (Å²) in [5.41, 5.74) is 0.912. The molecule has 0 aliphatic rings. The van der Waals surface area contributed by atoms with Crippen molar-refractivity contribution in [3.05, 3.63) is 56.5 Å². The Morgan fingerprint density at radius 1 is 1.23 bits per heavy atom. The number of rotatable bonds is 4. The van der Waals surface area contributed by atoms with E-state index in [1.54, 1.807) is 0 Å². The number of carbonyl (C=O) groups excluding carboxylic acids is 1. The van der Waals surface area contributed by atoms with Crippen molar-refractivity contribution < 1.29 is 4.79 Å². The van der Waals surface area contributed by atoms with Crippen LogP contribution in [0.4, 0.5) is 0 Å². The van der Waals surface area contributed by atoms with Crippen LogP contribution in [0.3, 0.4) is 0 Å². The second-order valence-corrected chi connectivity index (χ2v) is 5.94. The van der Waals surface area contributed by atoms with E-state index in [9.17, 15) is 14.4 Å². The zero-order valence-electron chi connectivity index (χ0n) is 12.0. The van der Waals surface area contributed by atoms with Gasteiger partial charge in [-0.1, -0.05) is 30.3 Å². The van der Waals surface area contributed by atoms with Crippen LogP contribution < -0.4 is 11.2 Å². The van der Waals surface area contributed by atoms with Crippen molar-refractivity contribution in [3.8, 4) is 11.1 Å². The molecular weight excluding hydrogens is 300 g/mol. The molecule has 112 valence electrons. The van der Waals surface area contributed by atoms with Crippen LogP contribution in [0.2, 0.25) is 0 Å². The standard InChI is InChI=1S/C16H14N2O3S/c1-10(19)7-8-18-15(20)13-12(11-5-3-2-4-6-11)9-22-14(13)17-16(18)21/h2-6,9H,7-8H2,1H3,(H,17,21). The van der Waals surface area contributed by atoms with Gasteiger partial charge in [0, 0.05) is 23.9 Å². The Bertz CT molecular complexity index is 951. The van der Waals surface area contributed by atoms with Gasteiger partial charge >= 0.3 is 5.69 Å². The van der Waals surface area contributed by atoms with Crippen LogP contribution in [0.15, 0.2) is 45.3 Å². The minimum atomic E-state index is -0.472. The number of nitrogens with one attached hydrogen (secondary N) is 1. The third-order valence-corrected chi connectivity index (χ3v) is 4.38. The number of aromatic nitrogens is 2. The van der Waals surface area contributed by atoms with Gasteiger partial charge in [-0.15, -0.1) is 11.3 Å². The molecule has 0 radical (unpaired) electrons. The summed E-state index contributed by atoms with van der Waals surface area (Å²) in [6, 6.07) is 9.56. The van der Waals surface area contributed by atoms with E-state index in [4.69, 9.17) is 0 Å². The van der Waals surface area contributed by atoms with Gasteiger partial charge in [0.05, 0.1) is 5.39 Å². The Labute approximate surface area is 129 Å². The van der Waals surface area contributed by atoms with Gasteiger partial charge in [-0.2, -0.15) is 0 Å². The van der Waals surface area contributed by atoms with Gasteiger partial charge in [-0.25, -0.2) is 4.79 Å². The molecule has 2 aromatic heterocycles. The molecular formula is C16H14N2O3S. The predicted molar refractivity (Wildman–Crippen MR) is 87.4 cm³/mol. The Morgan fingerprint density at radius 3 is 2.64 bits per heavy atom. The summed E-state index contributed by atoms with van der Waals surface area (Å²) in [5, 5.41) is 2.37. The molecule has 3 rings (SSSR count). The van der Waals surface area contributed by atoms with Crippen LogP contribution in [-0.2, 0) is 11.3 Å². The number of H-pyrrole nitrogens is 1. The molecule has 0 aliphatic carbocycles. The number of hydrogen-bond acceptors (Lipinski definition) is 4. The highest BCUT2D eigenvalue weighted by Gasteiger charge is 2.14. The molecule has 0 saturated heterocycles. The molecule has 6 heteroatoms. The first kappa shape index (κ1) is 14.5.